The van der Waals surface area contributed by atoms with Crippen molar-refractivity contribution >= 4 is 28.8 Å². The van der Waals surface area contributed by atoms with Crippen LogP contribution < -0.4 is 11.1 Å². The molecule has 1 amide bonds. The zero-order chi connectivity index (χ0) is 14.6. The minimum Gasteiger partial charge on any atom is -0.392 e. The van der Waals surface area contributed by atoms with Crippen molar-refractivity contribution in [2.45, 2.75) is 33.6 Å². The molecule has 0 radical (unpaired) electrons. The van der Waals surface area contributed by atoms with Crippen LogP contribution in [0.4, 0.5) is 10.1 Å². The lowest BCUT2D eigenvalue weighted by Crippen LogP contribution is -2.45. The second kappa shape index (κ2) is 6.10. The van der Waals surface area contributed by atoms with Gasteiger partial charge in [0.25, 0.3) is 0 Å². The number of nitrogens with two attached hydrogens (primary N) is 1. The number of halogens is 1. The average molecular weight is 282 g/mol. The molecule has 0 saturated carbocycles. The van der Waals surface area contributed by atoms with E-state index in [4.69, 9.17) is 18.0 Å². The molecule has 19 heavy (non-hydrogen) atoms. The molecular formula is C14H19FN2OS. The van der Waals surface area contributed by atoms with Crippen LogP contribution in [0.15, 0.2) is 18.2 Å². The summed E-state index contributed by atoms with van der Waals surface area (Å²) >= 11 is 5.02. The van der Waals surface area contributed by atoms with Gasteiger partial charge in [0.1, 0.15) is 5.82 Å². The molecule has 0 atom stereocenters. The summed E-state index contributed by atoms with van der Waals surface area (Å²) in [5.74, 6) is -0.673. The zero-order valence-corrected chi connectivity index (χ0v) is 12.2. The van der Waals surface area contributed by atoms with Gasteiger partial charge in [-0.3, -0.25) is 4.79 Å². The molecule has 1 rings (SSSR count). The van der Waals surface area contributed by atoms with Gasteiger partial charge in [0.15, 0.2) is 0 Å². The van der Waals surface area contributed by atoms with E-state index in [2.05, 4.69) is 5.32 Å². The lowest BCUT2D eigenvalue weighted by atomic mass is 9.81. The Morgan fingerprint density at radius 2 is 2.00 bits per heavy atom. The van der Waals surface area contributed by atoms with Gasteiger partial charge < -0.3 is 11.1 Å². The highest BCUT2D eigenvalue weighted by Crippen LogP contribution is 2.29. The molecule has 0 bridgehead atoms. The van der Waals surface area contributed by atoms with E-state index in [9.17, 15) is 9.18 Å². The van der Waals surface area contributed by atoms with Crippen LogP contribution in [-0.4, -0.2) is 10.9 Å². The monoisotopic (exact) mass is 282 g/mol. The van der Waals surface area contributed by atoms with E-state index >= 15 is 0 Å². The molecule has 3 nitrogen and oxygen atoms in total. The van der Waals surface area contributed by atoms with Crippen molar-refractivity contribution in [1.29, 1.82) is 0 Å². The molecule has 0 fully saturated rings. The van der Waals surface area contributed by atoms with Gasteiger partial charge in [-0.2, -0.15) is 0 Å². The van der Waals surface area contributed by atoms with E-state index in [-0.39, 0.29) is 10.9 Å². The van der Waals surface area contributed by atoms with Crippen molar-refractivity contribution in [2.75, 3.05) is 5.32 Å². The van der Waals surface area contributed by atoms with Crippen molar-refractivity contribution < 1.29 is 9.18 Å². The van der Waals surface area contributed by atoms with E-state index < -0.39 is 11.2 Å². The number of aryl methyl sites for hydroxylation is 1. The van der Waals surface area contributed by atoms with Crippen LogP contribution in [0.25, 0.3) is 0 Å². The third-order valence-corrected chi connectivity index (χ3v) is 3.95. The highest BCUT2D eigenvalue weighted by Gasteiger charge is 2.38. The topological polar surface area (TPSA) is 55.1 Å². The number of benzene rings is 1. The first kappa shape index (κ1) is 15.6. The van der Waals surface area contributed by atoms with Gasteiger partial charge >= 0.3 is 0 Å². The summed E-state index contributed by atoms with van der Waals surface area (Å²) in [4.78, 5) is 12.6. The molecule has 0 heterocycles. The lowest BCUT2D eigenvalue weighted by Gasteiger charge is -2.29. The van der Waals surface area contributed by atoms with E-state index in [1.54, 1.807) is 13.0 Å². The summed E-state index contributed by atoms with van der Waals surface area (Å²) in [6.45, 7) is 5.52. The van der Waals surface area contributed by atoms with E-state index in [1.165, 1.54) is 12.1 Å². The largest absolute Gasteiger partial charge is 0.392 e. The fourth-order valence-corrected chi connectivity index (χ4v) is 2.38. The molecule has 0 aliphatic heterocycles. The number of amides is 1. The summed E-state index contributed by atoms with van der Waals surface area (Å²) < 4.78 is 13.2. The summed E-state index contributed by atoms with van der Waals surface area (Å²) in [6, 6.07) is 4.26. The Bertz CT molecular complexity index is 498. The van der Waals surface area contributed by atoms with E-state index in [1.807, 2.05) is 13.8 Å². The molecule has 0 aromatic heterocycles. The predicted octanol–water partition coefficient (Wildman–Crippen LogP) is 3.17. The maximum atomic E-state index is 13.2. The van der Waals surface area contributed by atoms with E-state index in [0.29, 0.717) is 18.5 Å². The normalized spacial score (nSPS) is 11.2. The van der Waals surface area contributed by atoms with Crippen LogP contribution in [-0.2, 0) is 4.79 Å². The number of hydrogen-bond acceptors (Lipinski definition) is 2. The fourth-order valence-electron chi connectivity index (χ4n) is 2.00. The zero-order valence-electron chi connectivity index (χ0n) is 11.4. The molecule has 1 aromatic rings. The first-order chi connectivity index (χ1) is 8.87. The van der Waals surface area contributed by atoms with Gasteiger partial charge in [-0.05, 0) is 37.5 Å². The molecule has 3 N–H and O–H groups in total. The standard InChI is InChI=1S/C14H19FN2OS/c1-4-14(5-2,12(16)19)13(18)17-11-8-10(15)7-6-9(11)3/h6-8H,4-5H2,1-3H3,(H2,16,19)(H,17,18). The van der Waals surface area contributed by atoms with Crippen LogP contribution in [0.2, 0.25) is 0 Å². The van der Waals surface area contributed by atoms with Crippen molar-refractivity contribution in [3.05, 3.63) is 29.6 Å². The van der Waals surface area contributed by atoms with Gasteiger partial charge in [0.2, 0.25) is 5.91 Å². The van der Waals surface area contributed by atoms with Crippen LogP contribution in [0.5, 0.6) is 0 Å². The summed E-state index contributed by atoms with van der Waals surface area (Å²) in [5, 5.41) is 2.73. The van der Waals surface area contributed by atoms with Gasteiger partial charge in [0, 0.05) is 5.69 Å². The number of carbonyl (C=O) groups is 1. The number of anilines is 1. The molecule has 0 saturated heterocycles. The second-order valence-corrected chi connectivity index (χ2v) is 5.01. The van der Waals surface area contributed by atoms with Gasteiger partial charge in [-0.25, -0.2) is 4.39 Å². The van der Waals surface area contributed by atoms with Crippen molar-refractivity contribution in [2.24, 2.45) is 11.1 Å². The molecule has 0 unspecified atom stereocenters. The number of thiocarbonyl (C=S) groups is 1. The highest BCUT2D eigenvalue weighted by molar-refractivity contribution is 7.80. The molecule has 0 aliphatic carbocycles. The molecule has 5 heteroatoms. The molecule has 0 spiro atoms. The Morgan fingerprint density at radius 1 is 1.42 bits per heavy atom. The van der Waals surface area contributed by atoms with Crippen molar-refractivity contribution in [3.63, 3.8) is 0 Å². The predicted molar refractivity (Wildman–Crippen MR) is 79.6 cm³/mol. The maximum absolute atomic E-state index is 13.2. The Morgan fingerprint density at radius 3 is 2.47 bits per heavy atom. The third kappa shape index (κ3) is 3.10. The summed E-state index contributed by atoms with van der Waals surface area (Å²) in [5.41, 5.74) is 6.07. The molecule has 0 aliphatic rings. The quantitative estimate of drug-likeness (QED) is 0.816. The molecule has 1 aromatic carbocycles. The number of rotatable bonds is 5. The Hall–Kier alpha value is -1.49. The average Bonchev–Trinajstić information content (AvgIpc) is 2.35. The van der Waals surface area contributed by atoms with Gasteiger partial charge in [-0.15, -0.1) is 0 Å². The fraction of sp³-hybridized carbons (Fsp3) is 0.429. The minimum atomic E-state index is -0.881. The SMILES string of the molecule is CCC(CC)(C(=O)Nc1cc(F)ccc1C)C(N)=S. The third-order valence-electron chi connectivity index (χ3n) is 3.56. The second-order valence-electron chi connectivity index (χ2n) is 4.57. The van der Waals surface area contributed by atoms with Crippen LogP contribution >= 0.6 is 12.2 Å². The van der Waals surface area contributed by atoms with Crippen molar-refractivity contribution in [3.8, 4) is 0 Å². The van der Waals surface area contributed by atoms with Crippen LogP contribution in [0.1, 0.15) is 32.3 Å². The smallest absolute Gasteiger partial charge is 0.237 e. The van der Waals surface area contributed by atoms with Gasteiger partial charge in [0.05, 0.1) is 10.4 Å². The Labute approximate surface area is 118 Å². The summed E-state index contributed by atoms with van der Waals surface area (Å²) in [7, 11) is 0. The molecule has 104 valence electrons. The number of nitrogens with one attached hydrogen (secondary N) is 1. The lowest BCUT2D eigenvalue weighted by molar-refractivity contribution is -0.122. The Balaban J connectivity index is 3.07. The number of hydrogen-bond donors (Lipinski definition) is 2. The summed E-state index contributed by atoms with van der Waals surface area (Å²) in [6.07, 6.45) is 1.03. The maximum Gasteiger partial charge on any atom is 0.237 e. The van der Waals surface area contributed by atoms with Crippen molar-refractivity contribution in [1.82, 2.24) is 0 Å². The van der Waals surface area contributed by atoms with Crippen LogP contribution in [0, 0.1) is 18.2 Å². The van der Waals surface area contributed by atoms with Gasteiger partial charge in [-0.1, -0.05) is 32.1 Å². The molecular weight excluding hydrogens is 263 g/mol. The minimum absolute atomic E-state index is 0.170. The van der Waals surface area contributed by atoms with E-state index in [0.717, 1.165) is 5.56 Å². The number of carbonyl (C=O) groups excluding carboxylic acids is 1. The highest BCUT2D eigenvalue weighted by atomic mass is 32.1. The van der Waals surface area contributed by atoms with Crippen LogP contribution in [0.3, 0.4) is 0 Å². The first-order valence-electron chi connectivity index (χ1n) is 6.25. The first-order valence-corrected chi connectivity index (χ1v) is 6.65. The Kier molecular flexibility index (Phi) is 5.00.